The molecule has 0 radical (unpaired) electrons. The van der Waals surface area contributed by atoms with Crippen molar-refractivity contribution in [3.05, 3.63) is 38.9 Å². The predicted octanol–water partition coefficient (Wildman–Crippen LogP) is 5.03. The summed E-state index contributed by atoms with van der Waals surface area (Å²) in [5, 5.41) is 51.3. The second kappa shape index (κ2) is 7.15. The molecule has 1 aliphatic carbocycles. The van der Waals surface area contributed by atoms with Crippen LogP contribution in [0.1, 0.15) is 51.7 Å². The third kappa shape index (κ3) is 2.81. The highest BCUT2D eigenvalue weighted by atomic mass is 35.5. The van der Waals surface area contributed by atoms with E-state index in [0.29, 0.717) is 19.3 Å². The Morgan fingerprint density at radius 1 is 1.24 bits per heavy atom. The number of nitrogens with one attached hydrogen (secondary N) is 1. The van der Waals surface area contributed by atoms with Crippen LogP contribution in [0.3, 0.4) is 0 Å². The Morgan fingerprint density at radius 2 is 1.91 bits per heavy atom. The third-order valence-electron chi connectivity index (χ3n) is 7.61. The van der Waals surface area contributed by atoms with E-state index in [1.807, 2.05) is 12.1 Å². The molecule has 0 aromatic heterocycles. The smallest absolute Gasteiger partial charge is 0.269 e. The Hall–Kier alpha value is -3.19. The lowest BCUT2D eigenvalue weighted by molar-refractivity contribution is -0.385. The van der Waals surface area contributed by atoms with Crippen molar-refractivity contribution in [1.29, 1.82) is 21.2 Å². The summed E-state index contributed by atoms with van der Waals surface area (Å²) in [6.45, 7) is 6.25. The fourth-order valence-electron chi connectivity index (χ4n) is 5.75. The third-order valence-corrected chi connectivity index (χ3v) is 7.95. The lowest BCUT2D eigenvalue weighted by Crippen LogP contribution is -2.61. The van der Waals surface area contributed by atoms with Gasteiger partial charge in [-0.05, 0) is 30.2 Å². The molecule has 5 unspecified atom stereocenters. The Kier molecular flexibility index (Phi) is 4.98. The minimum absolute atomic E-state index is 0.0441. The molecule has 3 fully saturated rings. The quantitative estimate of drug-likeness (QED) is 0.471. The maximum atomic E-state index is 11.4. The molecule has 33 heavy (non-hydrogen) atoms. The molecule has 1 aromatic carbocycles. The number of ether oxygens (including phenoxy) is 2. The van der Waals surface area contributed by atoms with Crippen LogP contribution in [0.25, 0.3) is 0 Å². The topological polar surface area (TPSA) is 157 Å². The van der Waals surface area contributed by atoms with Gasteiger partial charge in [0.1, 0.15) is 6.10 Å². The molecule has 1 N–H and O–H groups in total. The Bertz CT molecular complexity index is 1180. The van der Waals surface area contributed by atoms with Crippen molar-refractivity contribution >= 4 is 23.2 Å². The van der Waals surface area contributed by atoms with Gasteiger partial charge >= 0.3 is 0 Å². The van der Waals surface area contributed by atoms with E-state index >= 15 is 0 Å². The number of nitriles is 3. The molecule has 1 saturated carbocycles. The van der Waals surface area contributed by atoms with Gasteiger partial charge in [0.25, 0.3) is 5.69 Å². The summed E-state index contributed by atoms with van der Waals surface area (Å²) in [4.78, 5) is 10.8. The van der Waals surface area contributed by atoms with Crippen LogP contribution in [0.4, 0.5) is 5.69 Å². The molecule has 170 valence electrons. The van der Waals surface area contributed by atoms with Crippen molar-refractivity contribution in [2.45, 2.75) is 51.9 Å². The molecule has 0 amide bonds. The van der Waals surface area contributed by atoms with Gasteiger partial charge in [0.15, 0.2) is 5.41 Å². The minimum Gasteiger partial charge on any atom is -0.447 e. The van der Waals surface area contributed by atoms with Crippen molar-refractivity contribution in [2.75, 3.05) is 0 Å². The van der Waals surface area contributed by atoms with Gasteiger partial charge in [0, 0.05) is 29.1 Å². The first-order valence-electron chi connectivity index (χ1n) is 10.6. The number of nitrogens with zero attached hydrogens (tertiary/aromatic N) is 4. The van der Waals surface area contributed by atoms with Crippen LogP contribution >= 0.6 is 11.6 Å². The monoisotopic (exact) mass is 467 g/mol. The van der Waals surface area contributed by atoms with Crippen LogP contribution < -0.4 is 0 Å². The van der Waals surface area contributed by atoms with Crippen molar-refractivity contribution in [3.8, 4) is 18.2 Å². The molecule has 2 aliphatic heterocycles. The Labute approximate surface area is 196 Å². The second-order valence-corrected chi connectivity index (χ2v) is 10.5. The number of benzene rings is 1. The van der Waals surface area contributed by atoms with Crippen LogP contribution in [0, 0.1) is 77.6 Å². The van der Waals surface area contributed by atoms with Crippen LogP contribution in [-0.2, 0) is 9.47 Å². The summed E-state index contributed by atoms with van der Waals surface area (Å²) in [6, 6.07) is 9.71. The number of halogens is 1. The van der Waals surface area contributed by atoms with E-state index in [4.69, 9.17) is 26.5 Å². The number of non-ortho nitro benzene ring substituents is 1. The first-order chi connectivity index (χ1) is 15.4. The molecule has 9 nitrogen and oxygen atoms in total. The molecular formula is C23H22ClN5O4. The van der Waals surface area contributed by atoms with Gasteiger partial charge in [0.05, 0.1) is 29.0 Å². The fraction of sp³-hybridized carbons (Fsp3) is 0.565. The number of nitro benzene ring substituents is 1. The van der Waals surface area contributed by atoms with E-state index in [9.17, 15) is 25.9 Å². The zero-order valence-electron chi connectivity index (χ0n) is 18.4. The molecule has 10 heteroatoms. The van der Waals surface area contributed by atoms with Gasteiger partial charge in [-0.1, -0.05) is 32.4 Å². The summed E-state index contributed by atoms with van der Waals surface area (Å²) in [7, 11) is 0. The zero-order valence-corrected chi connectivity index (χ0v) is 19.1. The van der Waals surface area contributed by atoms with Gasteiger partial charge in [-0.15, -0.1) is 0 Å². The van der Waals surface area contributed by atoms with Crippen LogP contribution in [0.5, 0.6) is 0 Å². The minimum atomic E-state index is -2.21. The zero-order chi connectivity index (χ0) is 24.4. The highest BCUT2D eigenvalue weighted by molar-refractivity contribution is 6.31. The van der Waals surface area contributed by atoms with Gasteiger partial charge in [0.2, 0.25) is 17.1 Å². The SMILES string of the molecule is CC(C)(C)C1CCC23OC(=N)C(C#N)(C2C1)C(C#N)(C#N)C(c1cc([N+](=O)[O-])ccc1Cl)O3. The van der Waals surface area contributed by atoms with Crippen LogP contribution in [0.2, 0.25) is 5.02 Å². The average Bonchev–Trinajstić information content (AvgIpc) is 2.97. The van der Waals surface area contributed by atoms with Crippen molar-refractivity contribution in [3.63, 3.8) is 0 Å². The molecular weight excluding hydrogens is 446 g/mol. The molecule has 1 aromatic rings. The van der Waals surface area contributed by atoms with Crippen molar-refractivity contribution in [1.82, 2.24) is 0 Å². The summed E-state index contributed by atoms with van der Waals surface area (Å²) < 4.78 is 12.3. The lowest BCUT2D eigenvalue weighted by Gasteiger charge is -2.54. The molecule has 2 heterocycles. The molecule has 4 rings (SSSR count). The average molecular weight is 468 g/mol. The van der Waals surface area contributed by atoms with E-state index in [2.05, 4.69) is 26.8 Å². The first kappa shape index (κ1) is 23.0. The van der Waals surface area contributed by atoms with E-state index in [1.54, 1.807) is 0 Å². The van der Waals surface area contributed by atoms with E-state index in [-0.39, 0.29) is 27.6 Å². The highest BCUT2D eigenvalue weighted by Crippen LogP contribution is 2.71. The number of rotatable bonds is 2. The lowest BCUT2D eigenvalue weighted by atomic mass is 9.49. The highest BCUT2D eigenvalue weighted by Gasteiger charge is 2.81. The number of hydrogen-bond donors (Lipinski definition) is 1. The van der Waals surface area contributed by atoms with E-state index < -0.39 is 39.5 Å². The van der Waals surface area contributed by atoms with Crippen molar-refractivity contribution < 1.29 is 14.4 Å². The maximum Gasteiger partial charge on any atom is 0.269 e. The number of nitro groups is 1. The molecule has 5 atom stereocenters. The summed E-state index contributed by atoms with van der Waals surface area (Å²) in [5.74, 6) is -2.45. The molecule has 3 aliphatic rings. The summed E-state index contributed by atoms with van der Waals surface area (Å²) in [6.07, 6.45) is 0.0438. The molecule has 0 spiro atoms. The Morgan fingerprint density at radius 3 is 2.45 bits per heavy atom. The molecule has 2 saturated heterocycles. The summed E-state index contributed by atoms with van der Waals surface area (Å²) in [5.41, 5.74) is -4.49. The van der Waals surface area contributed by atoms with Gasteiger partial charge in [-0.2, -0.15) is 15.8 Å². The number of hydrogen-bond acceptors (Lipinski definition) is 8. The van der Waals surface area contributed by atoms with Gasteiger partial charge < -0.3 is 9.47 Å². The fourth-order valence-corrected chi connectivity index (χ4v) is 5.97. The second-order valence-electron chi connectivity index (χ2n) is 10.0. The predicted molar refractivity (Wildman–Crippen MR) is 115 cm³/mol. The summed E-state index contributed by atoms with van der Waals surface area (Å²) >= 11 is 6.37. The molecule has 2 bridgehead atoms. The van der Waals surface area contributed by atoms with Gasteiger partial charge in [-0.25, -0.2) is 0 Å². The van der Waals surface area contributed by atoms with Crippen molar-refractivity contribution in [2.24, 2.45) is 28.1 Å². The Balaban J connectivity index is 1.98. The standard InChI is InChI=1S/C23H22ClN5O4/c1-20(2,3)13-6-7-23-17(8-13)22(12-27,19(28)33-23)21(10-25,11-26)18(32-23)15-9-14(29(30)31)4-5-16(15)24/h4-5,9,13,17-18,28H,6-8H2,1-3H3. The van der Waals surface area contributed by atoms with Crippen LogP contribution in [0.15, 0.2) is 18.2 Å². The normalized spacial score (nSPS) is 34.2. The van der Waals surface area contributed by atoms with Crippen LogP contribution in [-0.4, -0.2) is 16.6 Å². The maximum absolute atomic E-state index is 11.4. The van der Waals surface area contributed by atoms with E-state index in [0.717, 1.165) is 6.07 Å². The largest absolute Gasteiger partial charge is 0.447 e. The van der Waals surface area contributed by atoms with Gasteiger partial charge in [-0.3, -0.25) is 15.5 Å². The van der Waals surface area contributed by atoms with E-state index in [1.165, 1.54) is 12.1 Å². The first-order valence-corrected chi connectivity index (χ1v) is 10.9.